The van der Waals surface area contributed by atoms with Crippen molar-refractivity contribution in [3.63, 3.8) is 0 Å². The van der Waals surface area contributed by atoms with E-state index in [9.17, 15) is 4.39 Å². The summed E-state index contributed by atoms with van der Waals surface area (Å²) >= 11 is 0. The third kappa shape index (κ3) is 1.60. The summed E-state index contributed by atoms with van der Waals surface area (Å²) in [5, 5.41) is 7.28. The fraction of sp³-hybridized carbons (Fsp3) is 0.0833. The molecule has 0 aliphatic carbocycles. The maximum Gasteiger partial charge on any atom is 0.125 e. The van der Waals surface area contributed by atoms with Crippen molar-refractivity contribution in [2.45, 2.75) is 13.8 Å². The molecule has 6 aromatic rings. The summed E-state index contributed by atoms with van der Waals surface area (Å²) in [6, 6.07) is 20.6. The van der Waals surface area contributed by atoms with Crippen LogP contribution < -0.4 is 0 Å². The number of rotatable bonds is 0. The summed E-state index contributed by atoms with van der Waals surface area (Å²) in [6.07, 6.45) is 0. The number of aryl methyl sites for hydroxylation is 2. The summed E-state index contributed by atoms with van der Waals surface area (Å²) in [6.45, 7) is 4.25. The SMILES string of the molecule is Cc1ccc2cc3c4ccc(C)c5c6ccc(F)cc6n(c3cc2c1)c45. The van der Waals surface area contributed by atoms with Gasteiger partial charge in [0, 0.05) is 21.5 Å². The van der Waals surface area contributed by atoms with E-state index in [2.05, 4.69) is 60.7 Å². The molecule has 0 N–H and O–H groups in total. The predicted molar refractivity (Wildman–Crippen MR) is 108 cm³/mol. The smallest absolute Gasteiger partial charge is 0.125 e. The number of fused-ring (bicyclic) bond motifs is 7. The first-order chi connectivity index (χ1) is 12.6. The van der Waals surface area contributed by atoms with E-state index in [1.54, 1.807) is 12.1 Å². The van der Waals surface area contributed by atoms with Crippen molar-refractivity contribution in [3.8, 4) is 0 Å². The van der Waals surface area contributed by atoms with Crippen LogP contribution in [-0.2, 0) is 0 Å². The highest BCUT2D eigenvalue weighted by atomic mass is 19.1. The lowest BCUT2D eigenvalue weighted by molar-refractivity contribution is 0.629. The highest BCUT2D eigenvalue weighted by molar-refractivity contribution is 6.25. The minimum Gasteiger partial charge on any atom is -0.308 e. The van der Waals surface area contributed by atoms with E-state index < -0.39 is 0 Å². The van der Waals surface area contributed by atoms with Gasteiger partial charge in [-0.15, -0.1) is 0 Å². The molecule has 124 valence electrons. The Morgan fingerprint density at radius 1 is 0.692 bits per heavy atom. The largest absolute Gasteiger partial charge is 0.308 e. The lowest BCUT2D eigenvalue weighted by Gasteiger charge is -2.03. The quantitative estimate of drug-likeness (QED) is 0.289. The Kier molecular flexibility index (Phi) is 2.45. The van der Waals surface area contributed by atoms with Crippen molar-refractivity contribution < 1.29 is 4.39 Å². The molecule has 4 aromatic carbocycles. The van der Waals surface area contributed by atoms with E-state index >= 15 is 0 Å². The molecule has 0 bridgehead atoms. The average Bonchev–Trinajstić information content (AvgIpc) is 3.11. The van der Waals surface area contributed by atoms with Crippen molar-refractivity contribution >= 4 is 48.9 Å². The monoisotopic (exact) mass is 337 g/mol. The molecule has 0 aliphatic heterocycles. The lowest BCUT2D eigenvalue weighted by atomic mass is 10.0. The van der Waals surface area contributed by atoms with Crippen LogP contribution in [0.3, 0.4) is 0 Å². The van der Waals surface area contributed by atoms with Crippen LogP contribution in [0.1, 0.15) is 11.1 Å². The van der Waals surface area contributed by atoms with Crippen LogP contribution in [0.4, 0.5) is 4.39 Å². The van der Waals surface area contributed by atoms with E-state index in [4.69, 9.17) is 0 Å². The third-order valence-electron chi connectivity index (χ3n) is 5.72. The minimum atomic E-state index is -0.194. The van der Waals surface area contributed by atoms with Crippen molar-refractivity contribution in [2.24, 2.45) is 0 Å². The molecular weight excluding hydrogens is 321 g/mol. The number of hydrogen-bond acceptors (Lipinski definition) is 0. The van der Waals surface area contributed by atoms with Crippen molar-refractivity contribution in [1.82, 2.24) is 4.40 Å². The molecule has 26 heavy (non-hydrogen) atoms. The van der Waals surface area contributed by atoms with Gasteiger partial charge in [0.25, 0.3) is 0 Å². The van der Waals surface area contributed by atoms with E-state index in [1.807, 2.05) is 6.07 Å². The predicted octanol–water partition coefficient (Wildman–Crippen LogP) is 6.75. The van der Waals surface area contributed by atoms with Gasteiger partial charge >= 0.3 is 0 Å². The van der Waals surface area contributed by atoms with Crippen LogP contribution in [0.15, 0.2) is 60.7 Å². The molecule has 2 aromatic heterocycles. The zero-order chi connectivity index (χ0) is 17.6. The van der Waals surface area contributed by atoms with Crippen molar-refractivity contribution in [1.29, 1.82) is 0 Å². The van der Waals surface area contributed by atoms with Crippen LogP contribution >= 0.6 is 0 Å². The third-order valence-corrected chi connectivity index (χ3v) is 5.72. The fourth-order valence-electron chi connectivity index (χ4n) is 4.56. The molecule has 2 heteroatoms. The van der Waals surface area contributed by atoms with Crippen LogP contribution in [0.25, 0.3) is 48.9 Å². The molecule has 0 radical (unpaired) electrons. The van der Waals surface area contributed by atoms with Gasteiger partial charge < -0.3 is 4.40 Å². The Bertz CT molecular complexity index is 1500. The number of benzene rings is 4. The van der Waals surface area contributed by atoms with E-state index in [1.165, 1.54) is 43.6 Å². The molecule has 0 saturated heterocycles. The molecule has 0 saturated carbocycles. The van der Waals surface area contributed by atoms with E-state index in [0.29, 0.717) is 0 Å². The summed E-state index contributed by atoms with van der Waals surface area (Å²) in [5.74, 6) is -0.194. The maximum absolute atomic E-state index is 14.1. The van der Waals surface area contributed by atoms with Crippen LogP contribution in [0.5, 0.6) is 0 Å². The van der Waals surface area contributed by atoms with Crippen LogP contribution in [0.2, 0.25) is 0 Å². The maximum atomic E-state index is 14.1. The van der Waals surface area contributed by atoms with Gasteiger partial charge in [0.05, 0.1) is 16.6 Å². The van der Waals surface area contributed by atoms with Gasteiger partial charge in [-0.25, -0.2) is 4.39 Å². The minimum absolute atomic E-state index is 0.194. The average molecular weight is 337 g/mol. The number of nitrogens with zero attached hydrogens (tertiary/aromatic N) is 1. The van der Waals surface area contributed by atoms with Crippen molar-refractivity contribution in [2.75, 3.05) is 0 Å². The molecule has 6 rings (SSSR count). The number of halogens is 1. The zero-order valence-corrected chi connectivity index (χ0v) is 14.6. The van der Waals surface area contributed by atoms with Crippen LogP contribution in [0, 0.1) is 19.7 Å². The first-order valence-electron chi connectivity index (χ1n) is 8.90. The standard InChI is InChI=1S/C24H16FN/c1-13-3-5-15-10-20-18-7-4-14(2)23-19-8-6-17(25)12-22(19)26(24(18)23)21(20)11-16(15)9-13/h3-12H,1-2H3. The van der Waals surface area contributed by atoms with E-state index in [0.717, 1.165) is 16.4 Å². The molecule has 1 nitrogen and oxygen atoms in total. The highest BCUT2D eigenvalue weighted by Gasteiger charge is 2.19. The van der Waals surface area contributed by atoms with Gasteiger partial charge in [-0.1, -0.05) is 35.9 Å². The Hall–Kier alpha value is -3.13. The summed E-state index contributed by atoms with van der Waals surface area (Å²) < 4.78 is 16.3. The second kappa shape index (κ2) is 4.53. The Labute approximate surface area is 149 Å². The van der Waals surface area contributed by atoms with Gasteiger partial charge in [0.2, 0.25) is 0 Å². The van der Waals surface area contributed by atoms with Gasteiger partial charge in [-0.05, 0) is 60.5 Å². The lowest BCUT2D eigenvalue weighted by Crippen LogP contribution is -1.83. The van der Waals surface area contributed by atoms with Gasteiger partial charge in [-0.2, -0.15) is 0 Å². The van der Waals surface area contributed by atoms with Gasteiger partial charge in [-0.3, -0.25) is 0 Å². The molecule has 0 spiro atoms. The highest BCUT2D eigenvalue weighted by Crippen LogP contribution is 2.41. The molecule has 2 heterocycles. The summed E-state index contributed by atoms with van der Waals surface area (Å²) in [5.41, 5.74) is 5.77. The number of hydrogen-bond donors (Lipinski definition) is 0. The molecule has 0 atom stereocenters. The van der Waals surface area contributed by atoms with Crippen LogP contribution in [-0.4, -0.2) is 4.40 Å². The first-order valence-corrected chi connectivity index (χ1v) is 8.90. The number of aromatic nitrogens is 1. The molecule has 0 amide bonds. The van der Waals surface area contributed by atoms with Crippen molar-refractivity contribution in [3.05, 3.63) is 77.6 Å². The van der Waals surface area contributed by atoms with E-state index in [-0.39, 0.29) is 5.82 Å². The molecular formula is C24H16FN. The molecule has 0 aliphatic rings. The Morgan fingerprint density at radius 2 is 1.50 bits per heavy atom. The topological polar surface area (TPSA) is 4.41 Å². The normalized spacial score (nSPS) is 12.4. The Morgan fingerprint density at radius 3 is 2.38 bits per heavy atom. The Balaban J connectivity index is 1.99. The summed E-state index contributed by atoms with van der Waals surface area (Å²) in [4.78, 5) is 0. The zero-order valence-electron chi connectivity index (χ0n) is 14.6. The van der Waals surface area contributed by atoms with Gasteiger partial charge in [0.1, 0.15) is 5.82 Å². The summed E-state index contributed by atoms with van der Waals surface area (Å²) in [7, 11) is 0. The molecule has 0 unspecified atom stereocenters. The second-order valence-corrected chi connectivity index (χ2v) is 7.37. The second-order valence-electron chi connectivity index (χ2n) is 7.37. The first kappa shape index (κ1) is 14.1. The molecule has 0 fully saturated rings. The fourth-order valence-corrected chi connectivity index (χ4v) is 4.56. The van der Waals surface area contributed by atoms with Gasteiger partial charge in [0.15, 0.2) is 0 Å².